The van der Waals surface area contributed by atoms with Crippen molar-refractivity contribution in [2.75, 3.05) is 5.73 Å². The number of ketones is 2. The molecule has 0 aromatic heterocycles. The van der Waals surface area contributed by atoms with Crippen LogP contribution < -0.4 is 5.73 Å². The summed E-state index contributed by atoms with van der Waals surface area (Å²) < 4.78 is 0. The van der Waals surface area contributed by atoms with Gasteiger partial charge in [0.2, 0.25) is 0 Å². The molecule has 4 nitrogen and oxygen atoms in total. The first-order chi connectivity index (χ1) is 8.56. The van der Waals surface area contributed by atoms with E-state index in [0.717, 1.165) is 12.8 Å². The molecule has 95 valence electrons. The van der Waals surface area contributed by atoms with Gasteiger partial charge < -0.3 is 5.73 Å². The summed E-state index contributed by atoms with van der Waals surface area (Å²) in [5.74, 6) is -2.01. The second-order valence-corrected chi connectivity index (χ2v) is 4.53. The van der Waals surface area contributed by atoms with E-state index in [0.29, 0.717) is 16.8 Å². The minimum absolute atomic E-state index is 0. The number of carbonyl (C=O) groups excluding carboxylic acids is 2. The van der Waals surface area contributed by atoms with Crippen molar-refractivity contribution in [3.8, 4) is 6.07 Å². The molecule has 2 N–H and O–H groups in total. The van der Waals surface area contributed by atoms with Gasteiger partial charge in [-0.05, 0) is 12.8 Å². The zero-order valence-corrected chi connectivity index (χ0v) is 13.5. The Morgan fingerprint density at radius 1 is 1.53 bits per heavy atom. The van der Waals surface area contributed by atoms with Crippen LogP contribution in [0.15, 0.2) is 12.1 Å². The van der Waals surface area contributed by atoms with Crippen molar-refractivity contribution in [3.63, 3.8) is 0 Å². The molecule has 1 atom stereocenters. The van der Waals surface area contributed by atoms with Gasteiger partial charge in [0, 0.05) is 38.6 Å². The van der Waals surface area contributed by atoms with Crippen LogP contribution in [0.1, 0.15) is 28.8 Å². The van der Waals surface area contributed by atoms with Crippen LogP contribution in [-0.4, -0.2) is 11.6 Å². The minimum atomic E-state index is -1.20. The smallest absolute Gasteiger partial charge is 0.166 e. The number of hydrogen-bond acceptors (Lipinski definition) is 4. The fourth-order valence-corrected chi connectivity index (χ4v) is 1.87. The molecule has 0 aliphatic heterocycles. The molecular formula is C14H13N2O2Y-. The van der Waals surface area contributed by atoms with Crippen LogP contribution in [-0.2, 0) is 37.5 Å². The normalized spacial score (nSPS) is 14.9. The zero-order chi connectivity index (χ0) is 13.3. The van der Waals surface area contributed by atoms with E-state index in [4.69, 9.17) is 11.0 Å². The van der Waals surface area contributed by atoms with Gasteiger partial charge in [0.05, 0.1) is 6.07 Å². The standard InChI is InChI=1S/C14H13N2O2.Y/c1-8-10(3-2-4-12(8)16)14(18)11(7-15)13(17)9-5-6-9;/h2-3,9,11H,5-6,16H2,1H3;/q-1;. The van der Waals surface area contributed by atoms with Crippen LogP contribution >= 0.6 is 0 Å². The maximum Gasteiger partial charge on any atom is 0.166 e. The molecule has 0 amide bonds. The van der Waals surface area contributed by atoms with Crippen LogP contribution in [0.5, 0.6) is 0 Å². The molecule has 1 unspecified atom stereocenters. The second kappa shape index (κ2) is 6.41. The number of nitrogens with two attached hydrogens (primary N) is 1. The van der Waals surface area contributed by atoms with E-state index in [2.05, 4.69) is 6.07 Å². The van der Waals surface area contributed by atoms with E-state index in [1.165, 1.54) is 6.07 Å². The third kappa shape index (κ3) is 3.29. The van der Waals surface area contributed by atoms with Gasteiger partial charge in [-0.1, -0.05) is 18.2 Å². The van der Waals surface area contributed by atoms with Gasteiger partial charge in [-0.2, -0.15) is 23.5 Å². The molecule has 1 aromatic carbocycles. The molecule has 2 rings (SSSR count). The van der Waals surface area contributed by atoms with Crippen molar-refractivity contribution < 1.29 is 42.3 Å². The van der Waals surface area contributed by atoms with Crippen molar-refractivity contribution in [1.82, 2.24) is 0 Å². The van der Waals surface area contributed by atoms with Gasteiger partial charge in [0.1, 0.15) is 0 Å². The van der Waals surface area contributed by atoms with E-state index in [9.17, 15) is 9.59 Å². The predicted octanol–water partition coefficient (Wildman–Crippen LogP) is 1.68. The summed E-state index contributed by atoms with van der Waals surface area (Å²) in [5.41, 5.74) is 6.96. The molecule has 1 aliphatic rings. The molecule has 19 heavy (non-hydrogen) atoms. The molecule has 0 spiro atoms. The molecule has 0 bridgehead atoms. The molecule has 1 saturated carbocycles. The van der Waals surface area contributed by atoms with Crippen molar-refractivity contribution in [2.24, 2.45) is 11.8 Å². The van der Waals surface area contributed by atoms with Crippen LogP contribution in [0.25, 0.3) is 0 Å². The Morgan fingerprint density at radius 2 is 2.16 bits per heavy atom. The number of nitrogens with zero attached hydrogens (tertiary/aromatic N) is 1. The third-order valence-corrected chi connectivity index (χ3v) is 3.22. The monoisotopic (exact) mass is 330 g/mol. The fourth-order valence-electron chi connectivity index (χ4n) is 1.87. The number of nitrogen functional groups attached to an aromatic ring is 1. The summed E-state index contributed by atoms with van der Waals surface area (Å²) in [7, 11) is 0. The van der Waals surface area contributed by atoms with Crippen molar-refractivity contribution in [3.05, 3.63) is 29.3 Å². The van der Waals surface area contributed by atoms with Crippen LogP contribution in [0.3, 0.4) is 0 Å². The third-order valence-electron chi connectivity index (χ3n) is 3.22. The van der Waals surface area contributed by atoms with Crippen molar-refractivity contribution >= 4 is 17.3 Å². The first-order valence-electron chi connectivity index (χ1n) is 5.80. The molecule has 1 aliphatic carbocycles. The molecule has 1 aromatic rings. The molecule has 0 saturated heterocycles. The quantitative estimate of drug-likeness (QED) is 0.394. The van der Waals surface area contributed by atoms with E-state index in [1.54, 1.807) is 13.0 Å². The number of Topliss-reactive ketones (excluding diaryl/α,β-unsaturated/α-hetero) is 2. The average Bonchev–Trinajstić information content (AvgIpc) is 3.17. The number of anilines is 1. The number of nitriles is 1. The number of benzene rings is 1. The van der Waals surface area contributed by atoms with Crippen LogP contribution in [0.2, 0.25) is 0 Å². The van der Waals surface area contributed by atoms with Gasteiger partial charge in [0.15, 0.2) is 17.5 Å². The maximum atomic E-state index is 12.2. The Balaban J connectivity index is 0.00000180. The first-order valence-corrected chi connectivity index (χ1v) is 5.80. The van der Waals surface area contributed by atoms with Gasteiger partial charge in [-0.3, -0.25) is 9.59 Å². The predicted molar refractivity (Wildman–Crippen MR) is 65.6 cm³/mol. The maximum absolute atomic E-state index is 12.2. The summed E-state index contributed by atoms with van der Waals surface area (Å²) in [6.07, 6.45) is 1.57. The summed E-state index contributed by atoms with van der Waals surface area (Å²) in [6, 6.07) is 7.68. The Bertz CT molecular complexity index is 559. The molecule has 0 heterocycles. The first kappa shape index (κ1) is 16.0. The Kier molecular flexibility index (Phi) is 5.40. The number of hydrogen-bond donors (Lipinski definition) is 1. The fraction of sp³-hybridized carbons (Fsp3) is 0.357. The summed E-state index contributed by atoms with van der Waals surface area (Å²) in [4.78, 5) is 24.1. The Labute approximate surface area is 137 Å². The summed E-state index contributed by atoms with van der Waals surface area (Å²) in [5, 5.41) is 9.03. The van der Waals surface area contributed by atoms with Gasteiger partial charge in [-0.15, -0.1) is 5.56 Å². The Morgan fingerprint density at radius 3 is 2.68 bits per heavy atom. The number of rotatable bonds is 4. The summed E-state index contributed by atoms with van der Waals surface area (Å²) >= 11 is 0. The minimum Gasteiger partial charge on any atom is -0.420 e. The van der Waals surface area contributed by atoms with E-state index in [1.807, 2.05) is 6.07 Å². The van der Waals surface area contributed by atoms with Gasteiger partial charge in [-0.25, -0.2) is 0 Å². The molecule has 5 heteroatoms. The van der Waals surface area contributed by atoms with Gasteiger partial charge in [0.25, 0.3) is 0 Å². The molecule has 1 fully saturated rings. The van der Waals surface area contributed by atoms with Crippen molar-refractivity contribution in [2.45, 2.75) is 19.8 Å². The zero-order valence-electron chi connectivity index (χ0n) is 10.6. The molecular weight excluding hydrogens is 317 g/mol. The van der Waals surface area contributed by atoms with Crippen molar-refractivity contribution in [1.29, 1.82) is 5.26 Å². The topological polar surface area (TPSA) is 83.9 Å². The largest absolute Gasteiger partial charge is 0.420 e. The SMILES string of the molecule is Cc1c(N)[c-]ccc1C(=O)C(C#N)C(=O)C1CC1.[Y]. The van der Waals surface area contributed by atoms with Gasteiger partial charge >= 0.3 is 0 Å². The summed E-state index contributed by atoms with van der Waals surface area (Å²) in [6.45, 7) is 1.69. The van der Waals surface area contributed by atoms with E-state index >= 15 is 0 Å². The van der Waals surface area contributed by atoms with E-state index < -0.39 is 11.7 Å². The average molecular weight is 330 g/mol. The second-order valence-electron chi connectivity index (χ2n) is 4.53. The van der Waals surface area contributed by atoms with E-state index in [-0.39, 0.29) is 44.4 Å². The molecule has 1 radical (unpaired) electrons. The van der Waals surface area contributed by atoms with Crippen LogP contribution in [0.4, 0.5) is 5.69 Å². The Hall–Kier alpha value is -1.05. The number of carbonyl (C=O) groups is 2. The van der Waals surface area contributed by atoms with Crippen LogP contribution in [0, 0.1) is 36.2 Å².